The van der Waals surface area contributed by atoms with Gasteiger partial charge in [-0.2, -0.15) is 11.3 Å². The topological polar surface area (TPSA) is 66.7 Å². The maximum absolute atomic E-state index is 12.3. The summed E-state index contributed by atoms with van der Waals surface area (Å²) in [6.45, 7) is 4.07. The van der Waals surface area contributed by atoms with E-state index in [4.69, 9.17) is 0 Å². The monoisotopic (exact) mass is 383 g/mol. The summed E-state index contributed by atoms with van der Waals surface area (Å²) in [7, 11) is 0. The van der Waals surface area contributed by atoms with Crippen molar-refractivity contribution >= 4 is 29.0 Å². The second-order valence-corrected chi connectivity index (χ2v) is 7.05. The molecule has 0 radical (unpaired) electrons. The number of benzene rings is 1. The summed E-state index contributed by atoms with van der Waals surface area (Å²) in [5.41, 5.74) is 1.89. The number of nitro benzene ring substituents is 1. The Labute approximate surface area is 162 Å². The van der Waals surface area contributed by atoms with Crippen LogP contribution in [0, 0.1) is 10.1 Å². The van der Waals surface area contributed by atoms with Gasteiger partial charge in [0.1, 0.15) is 0 Å². The van der Waals surface area contributed by atoms with Crippen LogP contribution in [0.5, 0.6) is 0 Å². The molecule has 1 fully saturated rings. The van der Waals surface area contributed by atoms with Crippen LogP contribution in [-0.2, 0) is 11.3 Å². The molecule has 1 aromatic heterocycles. The molecule has 2 aromatic rings. The number of thiophene rings is 1. The van der Waals surface area contributed by atoms with Gasteiger partial charge >= 0.3 is 0 Å². The summed E-state index contributed by atoms with van der Waals surface area (Å²) in [6, 6.07) is 8.65. The van der Waals surface area contributed by atoms with E-state index in [2.05, 4.69) is 21.7 Å². The lowest BCUT2D eigenvalue weighted by atomic mass is 10.1. The van der Waals surface area contributed by atoms with Gasteiger partial charge in [0, 0.05) is 44.9 Å². The third kappa shape index (κ3) is 5.35. The van der Waals surface area contributed by atoms with Crippen LogP contribution in [0.1, 0.15) is 11.1 Å². The summed E-state index contributed by atoms with van der Waals surface area (Å²) < 4.78 is 0. The van der Waals surface area contributed by atoms with Crippen molar-refractivity contribution in [3.63, 3.8) is 0 Å². The predicted octanol–water partition coefficient (Wildman–Crippen LogP) is 3.57. The first-order valence-electron chi connectivity index (χ1n) is 8.74. The molecule has 1 aliphatic rings. The molecule has 0 bridgehead atoms. The molecule has 1 saturated heterocycles. The van der Waals surface area contributed by atoms with Crippen molar-refractivity contribution in [2.45, 2.75) is 6.54 Å². The number of amides is 1. The lowest BCUT2D eigenvalue weighted by molar-refractivity contribution is -0.385. The van der Waals surface area contributed by atoms with Gasteiger partial charge in [-0.3, -0.25) is 19.8 Å². The Hall–Kier alpha value is -2.77. The Morgan fingerprint density at radius 1 is 1.15 bits per heavy atom. The van der Waals surface area contributed by atoms with Gasteiger partial charge in [0.05, 0.1) is 10.5 Å². The molecule has 140 valence electrons. The quantitative estimate of drug-likeness (QED) is 0.331. The Morgan fingerprint density at radius 3 is 2.63 bits per heavy atom. The number of hydrogen-bond acceptors (Lipinski definition) is 5. The van der Waals surface area contributed by atoms with Crippen LogP contribution >= 0.6 is 11.3 Å². The highest BCUT2D eigenvalue weighted by Gasteiger charge is 2.19. The van der Waals surface area contributed by atoms with Crippen molar-refractivity contribution in [1.82, 2.24) is 9.80 Å². The molecule has 27 heavy (non-hydrogen) atoms. The molecule has 0 atom stereocenters. The number of carbonyl (C=O) groups is 1. The number of nitrogens with zero attached hydrogens (tertiary/aromatic N) is 3. The molecule has 0 N–H and O–H groups in total. The minimum Gasteiger partial charge on any atom is -0.337 e. The number of rotatable bonds is 6. The molecule has 0 aliphatic carbocycles. The summed E-state index contributed by atoms with van der Waals surface area (Å²) >= 11 is 1.70. The largest absolute Gasteiger partial charge is 0.337 e. The molecule has 1 amide bonds. The first-order chi connectivity index (χ1) is 13.1. The average molecular weight is 383 g/mol. The van der Waals surface area contributed by atoms with Crippen LogP contribution in [0.15, 0.2) is 59.3 Å². The fourth-order valence-corrected chi connectivity index (χ4v) is 3.62. The van der Waals surface area contributed by atoms with Gasteiger partial charge in [0.2, 0.25) is 5.91 Å². The molecular formula is C20H21N3O3S. The molecule has 0 unspecified atom stereocenters. The van der Waals surface area contributed by atoms with Gasteiger partial charge in [-0.1, -0.05) is 24.3 Å². The number of nitro groups is 1. The fraction of sp³-hybridized carbons (Fsp3) is 0.250. The average Bonchev–Trinajstić information content (AvgIpc) is 3.19. The standard InChI is InChI=1S/C20H21N3O3S/c24-20(8-4-2-6-18-5-1-3-7-19(18)23(25)26)22-12-10-21(11-13-22)15-17-9-14-27-16-17/h1-9,14,16H,10-13,15H2. The van der Waals surface area contributed by atoms with Crippen LogP contribution in [0.4, 0.5) is 5.69 Å². The molecule has 1 aliphatic heterocycles. The molecule has 6 nitrogen and oxygen atoms in total. The van der Waals surface area contributed by atoms with Gasteiger partial charge in [0.25, 0.3) is 5.69 Å². The fourth-order valence-electron chi connectivity index (χ4n) is 2.96. The summed E-state index contributed by atoms with van der Waals surface area (Å²) in [5, 5.41) is 15.2. The Kier molecular flexibility index (Phi) is 6.51. The third-order valence-corrected chi connectivity index (χ3v) is 5.16. The van der Waals surface area contributed by atoms with E-state index in [1.54, 1.807) is 47.8 Å². The van der Waals surface area contributed by atoms with Crippen LogP contribution in [0.3, 0.4) is 0 Å². The first-order valence-corrected chi connectivity index (χ1v) is 9.68. The number of para-hydroxylation sites is 1. The van der Waals surface area contributed by atoms with Gasteiger partial charge in [-0.05, 0) is 34.5 Å². The molecule has 0 spiro atoms. The highest BCUT2D eigenvalue weighted by atomic mass is 32.1. The van der Waals surface area contributed by atoms with Crippen molar-refractivity contribution in [1.29, 1.82) is 0 Å². The highest BCUT2D eigenvalue weighted by molar-refractivity contribution is 7.07. The lowest BCUT2D eigenvalue weighted by Crippen LogP contribution is -2.47. The zero-order valence-corrected chi connectivity index (χ0v) is 15.7. The van der Waals surface area contributed by atoms with Crippen LogP contribution in [-0.4, -0.2) is 46.8 Å². The van der Waals surface area contributed by atoms with Gasteiger partial charge in [0.15, 0.2) is 0 Å². The Balaban J connectivity index is 1.49. The number of allylic oxidation sites excluding steroid dienone is 2. The van der Waals surface area contributed by atoms with Gasteiger partial charge in [-0.25, -0.2) is 0 Å². The lowest BCUT2D eigenvalue weighted by Gasteiger charge is -2.34. The van der Waals surface area contributed by atoms with Crippen molar-refractivity contribution < 1.29 is 9.72 Å². The Morgan fingerprint density at radius 2 is 1.93 bits per heavy atom. The SMILES string of the molecule is O=C(C=CC=Cc1ccccc1[N+](=O)[O-])N1CCN(Cc2ccsc2)CC1. The summed E-state index contributed by atoms with van der Waals surface area (Å²) in [4.78, 5) is 27.0. The Bertz CT molecular complexity index is 838. The molecule has 0 saturated carbocycles. The highest BCUT2D eigenvalue weighted by Crippen LogP contribution is 2.19. The minimum atomic E-state index is -0.413. The van der Waals surface area contributed by atoms with Crippen molar-refractivity contribution in [3.8, 4) is 0 Å². The van der Waals surface area contributed by atoms with Crippen molar-refractivity contribution in [2.75, 3.05) is 26.2 Å². The normalized spacial score (nSPS) is 15.6. The maximum atomic E-state index is 12.3. The second-order valence-electron chi connectivity index (χ2n) is 6.27. The number of piperazine rings is 1. The molecular weight excluding hydrogens is 362 g/mol. The van der Waals surface area contributed by atoms with E-state index >= 15 is 0 Å². The minimum absolute atomic E-state index is 0.0302. The maximum Gasteiger partial charge on any atom is 0.276 e. The molecule has 1 aromatic carbocycles. The van der Waals surface area contributed by atoms with E-state index in [9.17, 15) is 14.9 Å². The number of hydrogen-bond donors (Lipinski definition) is 0. The van der Waals surface area contributed by atoms with E-state index in [1.165, 1.54) is 17.7 Å². The van der Waals surface area contributed by atoms with E-state index < -0.39 is 4.92 Å². The van der Waals surface area contributed by atoms with E-state index in [1.807, 2.05) is 4.90 Å². The molecule has 3 rings (SSSR count). The first kappa shape index (κ1) is 19.0. The molecule has 2 heterocycles. The third-order valence-electron chi connectivity index (χ3n) is 4.43. The molecule has 7 heteroatoms. The zero-order chi connectivity index (χ0) is 19.1. The van der Waals surface area contributed by atoms with E-state index in [0.29, 0.717) is 18.7 Å². The van der Waals surface area contributed by atoms with Crippen LogP contribution in [0.2, 0.25) is 0 Å². The summed E-state index contributed by atoms with van der Waals surface area (Å²) in [5.74, 6) is -0.0302. The zero-order valence-electron chi connectivity index (χ0n) is 14.9. The van der Waals surface area contributed by atoms with Crippen LogP contribution in [0.25, 0.3) is 6.08 Å². The van der Waals surface area contributed by atoms with Crippen LogP contribution < -0.4 is 0 Å². The smallest absolute Gasteiger partial charge is 0.276 e. The van der Waals surface area contributed by atoms with Crippen molar-refractivity contribution in [3.05, 3.63) is 80.6 Å². The van der Waals surface area contributed by atoms with E-state index in [-0.39, 0.29) is 11.6 Å². The summed E-state index contributed by atoms with van der Waals surface area (Å²) in [6.07, 6.45) is 6.45. The van der Waals surface area contributed by atoms with Gasteiger partial charge < -0.3 is 4.90 Å². The van der Waals surface area contributed by atoms with Gasteiger partial charge in [-0.15, -0.1) is 0 Å². The predicted molar refractivity (Wildman–Crippen MR) is 107 cm³/mol. The second kappa shape index (κ2) is 9.25. The van der Waals surface area contributed by atoms with E-state index in [0.717, 1.165) is 19.6 Å². The van der Waals surface area contributed by atoms with Crippen molar-refractivity contribution in [2.24, 2.45) is 0 Å². The number of carbonyl (C=O) groups excluding carboxylic acids is 1.